The first-order valence-electron chi connectivity index (χ1n) is 1.91. The minimum Gasteiger partial charge on any atom is -0.328 e. The molecule has 0 aromatic carbocycles. The summed E-state index contributed by atoms with van der Waals surface area (Å²) in [6.45, 7) is 1.19. The maximum absolute atomic E-state index is 12.1. The molecule has 0 aromatic rings. The summed E-state index contributed by atoms with van der Waals surface area (Å²) < 4.78 is 20.5. The van der Waals surface area contributed by atoms with Crippen molar-refractivity contribution < 1.29 is 13.9 Å². The van der Waals surface area contributed by atoms with E-state index in [9.17, 15) is 4.39 Å². The fraction of sp³-hybridized carbons (Fsp3) is 1.00. The van der Waals surface area contributed by atoms with Gasteiger partial charge in [-0.05, 0) is 0 Å². The van der Waals surface area contributed by atoms with Crippen LogP contribution in [-0.4, -0.2) is 20.3 Å². The average molecular weight is 108 g/mol. The summed E-state index contributed by atoms with van der Waals surface area (Å²) in [5, 5.41) is 0. The first-order chi connectivity index (χ1) is 3.12. The van der Waals surface area contributed by atoms with E-state index < -0.39 is 6.04 Å². The third-order valence-corrected chi connectivity index (χ3v) is 0.729. The lowest BCUT2D eigenvalue weighted by Crippen LogP contribution is -2.22. The fourth-order valence-corrected chi connectivity index (χ4v) is 0.0833. The maximum atomic E-state index is 12.1. The smallest absolute Gasteiger partial charge is 0.316 e. The van der Waals surface area contributed by atoms with Gasteiger partial charge in [0.1, 0.15) is 0 Å². The number of hydrogen-bond acceptors (Lipinski definition) is 2. The minimum atomic E-state index is -1.92. The van der Waals surface area contributed by atoms with E-state index in [4.69, 9.17) is 0 Å². The van der Waals surface area contributed by atoms with Crippen LogP contribution in [0.25, 0.3) is 0 Å². The van der Waals surface area contributed by atoms with Gasteiger partial charge in [0.15, 0.2) is 0 Å². The Balaban J connectivity index is 3.36. The topological polar surface area (TPSA) is 18.5 Å². The van der Waals surface area contributed by atoms with Gasteiger partial charge in [-0.25, -0.2) is 0 Å². The van der Waals surface area contributed by atoms with E-state index in [1.54, 1.807) is 0 Å². The Morgan fingerprint density at radius 3 is 1.57 bits per heavy atom. The molecule has 0 spiro atoms. The van der Waals surface area contributed by atoms with Gasteiger partial charge in [0.05, 0.1) is 0 Å². The Hall–Kier alpha value is -0.150. The van der Waals surface area contributed by atoms with Crippen LogP contribution in [0, 0.1) is 0 Å². The Labute approximate surface area is 42.2 Å². The van der Waals surface area contributed by atoms with Crippen LogP contribution in [0.5, 0.6) is 0 Å². The highest BCUT2D eigenvalue weighted by atomic mass is 19.2. The molecule has 0 rings (SSSR count). The third-order valence-electron chi connectivity index (χ3n) is 0.729. The molecule has 0 atom stereocenters. The van der Waals surface area contributed by atoms with Gasteiger partial charge in [-0.15, -0.1) is 0 Å². The molecule has 0 bridgehead atoms. The van der Waals surface area contributed by atoms with Crippen LogP contribution < -0.4 is 0 Å². The number of ether oxygens (including phenoxy) is 2. The molecular formula is C4H9FO2. The number of hydrogen-bond donors (Lipinski definition) is 0. The predicted octanol–water partition coefficient (Wildman–Crippen LogP) is 0.922. The summed E-state index contributed by atoms with van der Waals surface area (Å²) in [6.07, 6.45) is 0. The zero-order valence-corrected chi connectivity index (χ0v) is 4.69. The van der Waals surface area contributed by atoms with Crippen LogP contribution in [0.2, 0.25) is 0 Å². The van der Waals surface area contributed by atoms with Gasteiger partial charge < -0.3 is 9.47 Å². The van der Waals surface area contributed by atoms with Gasteiger partial charge in [-0.1, -0.05) is 0 Å². The summed E-state index contributed by atoms with van der Waals surface area (Å²) in [7, 11) is 2.48. The van der Waals surface area contributed by atoms with Crippen LogP contribution in [0.4, 0.5) is 4.39 Å². The number of alkyl halides is 1. The number of halogens is 1. The molecule has 0 heterocycles. The molecule has 0 saturated carbocycles. The summed E-state index contributed by atoms with van der Waals surface area (Å²) >= 11 is 0. The molecule has 0 aliphatic carbocycles. The highest BCUT2D eigenvalue weighted by Gasteiger charge is 2.18. The van der Waals surface area contributed by atoms with Crippen LogP contribution in [0.15, 0.2) is 0 Å². The molecule has 2 nitrogen and oxygen atoms in total. The number of rotatable bonds is 2. The molecule has 0 N–H and O–H groups in total. The highest BCUT2D eigenvalue weighted by molar-refractivity contribution is 4.35. The molecule has 3 heteroatoms. The van der Waals surface area contributed by atoms with Crippen molar-refractivity contribution >= 4 is 0 Å². The lowest BCUT2D eigenvalue weighted by Gasteiger charge is -2.14. The van der Waals surface area contributed by atoms with E-state index in [0.717, 1.165) is 0 Å². The molecule has 0 aliphatic heterocycles. The summed E-state index contributed by atoms with van der Waals surface area (Å²) in [5.41, 5.74) is 0. The molecule has 0 radical (unpaired) electrons. The van der Waals surface area contributed by atoms with Crippen molar-refractivity contribution in [1.82, 2.24) is 0 Å². The van der Waals surface area contributed by atoms with Crippen molar-refractivity contribution in [3.05, 3.63) is 0 Å². The molecule has 0 fully saturated rings. The average Bonchev–Trinajstić information content (AvgIpc) is 1.68. The lowest BCUT2D eigenvalue weighted by atomic mass is 10.7. The second-order valence-electron chi connectivity index (χ2n) is 1.24. The molecule has 0 saturated heterocycles. The summed E-state index contributed by atoms with van der Waals surface area (Å²) in [6, 6.07) is -1.92. The first-order valence-corrected chi connectivity index (χ1v) is 1.91. The number of methoxy groups -OCH3 is 2. The van der Waals surface area contributed by atoms with E-state index in [2.05, 4.69) is 9.47 Å². The molecule has 0 unspecified atom stereocenters. The minimum absolute atomic E-state index is 1.19. The Morgan fingerprint density at radius 1 is 1.29 bits per heavy atom. The lowest BCUT2D eigenvalue weighted by molar-refractivity contribution is -0.279. The molecular weight excluding hydrogens is 99.0 g/mol. The summed E-state index contributed by atoms with van der Waals surface area (Å²) in [5.74, 6) is 0. The Morgan fingerprint density at radius 2 is 1.57 bits per heavy atom. The third kappa shape index (κ3) is 2.53. The van der Waals surface area contributed by atoms with E-state index in [-0.39, 0.29) is 0 Å². The fourth-order valence-electron chi connectivity index (χ4n) is 0.0833. The van der Waals surface area contributed by atoms with Gasteiger partial charge in [0.2, 0.25) is 0 Å². The van der Waals surface area contributed by atoms with E-state index >= 15 is 0 Å². The van der Waals surface area contributed by atoms with E-state index in [0.29, 0.717) is 0 Å². The van der Waals surface area contributed by atoms with Gasteiger partial charge in [-0.3, -0.25) is 0 Å². The molecule has 7 heavy (non-hydrogen) atoms. The van der Waals surface area contributed by atoms with Gasteiger partial charge in [-0.2, -0.15) is 4.39 Å². The van der Waals surface area contributed by atoms with Crippen LogP contribution in [0.3, 0.4) is 0 Å². The zero-order chi connectivity index (χ0) is 5.91. The largest absolute Gasteiger partial charge is 0.328 e. The molecule has 0 aliphatic rings. The zero-order valence-electron chi connectivity index (χ0n) is 4.69. The first kappa shape index (κ1) is 6.85. The Bertz CT molecular complexity index is 47.7. The molecule has 0 aromatic heterocycles. The second kappa shape index (κ2) is 2.23. The Kier molecular flexibility index (Phi) is 2.19. The van der Waals surface area contributed by atoms with Gasteiger partial charge >= 0.3 is 6.04 Å². The SMILES string of the molecule is COC(C)(F)OC. The summed E-state index contributed by atoms with van der Waals surface area (Å²) in [4.78, 5) is 0. The van der Waals surface area contributed by atoms with Crippen molar-refractivity contribution in [3.63, 3.8) is 0 Å². The highest BCUT2D eigenvalue weighted by Crippen LogP contribution is 2.08. The predicted molar refractivity (Wildman–Crippen MR) is 23.5 cm³/mol. The van der Waals surface area contributed by atoms with Crippen molar-refractivity contribution in [1.29, 1.82) is 0 Å². The van der Waals surface area contributed by atoms with E-state index in [1.165, 1.54) is 21.1 Å². The monoisotopic (exact) mass is 108 g/mol. The maximum Gasteiger partial charge on any atom is 0.316 e. The molecule has 0 amide bonds. The van der Waals surface area contributed by atoms with Gasteiger partial charge in [0, 0.05) is 21.1 Å². The van der Waals surface area contributed by atoms with Gasteiger partial charge in [0.25, 0.3) is 0 Å². The normalized spacial score (nSPS) is 12.0. The molecule has 44 valence electrons. The van der Waals surface area contributed by atoms with Crippen molar-refractivity contribution in [2.45, 2.75) is 13.0 Å². The van der Waals surface area contributed by atoms with Crippen LogP contribution in [-0.2, 0) is 9.47 Å². The van der Waals surface area contributed by atoms with Crippen LogP contribution in [0.1, 0.15) is 6.92 Å². The van der Waals surface area contributed by atoms with Crippen molar-refractivity contribution in [2.75, 3.05) is 14.2 Å². The second-order valence-corrected chi connectivity index (χ2v) is 1.24. The van der Waals surface area contributed by atoms with Crippen molar-refractivity contribution in [3.8, 4) is 0 Å². The standard InChI is InChI=1S/C4H9FO2/c1-4(5,6-2)7-3/h1-3H3. The van der Waals surface area contributed by atoms with E-state index in [1.807, 2.05) is 0 Å². The quantitative estimate of drug-likeness (QED) is 0.490. The van der Waals surface area contributed by atoms with Crippen molar-refractivity contribution in [2.24, 2.45) is 0 Å². The van der Waals surface area contributed by atoms with Crippen LogP contribution >= 0.6 is 0 Å².